The van der Waals surface area contributed by atoms with Crippen molar-refractivity contribution < 1.29 is 14.1 Å². The highest BCUT2D eigenvalue weighted by atomic mass is 16.5. The van der Waals surface area contributed by atoms with Gasteiger partial charge in [-0.05, 0) is 18.8 Å². The van der Waals surface area contributed by atoms with Crippen LogP contribution in [0.3, 0.4) is 0 Å². The third-order valence-electron chi connectivity index (χ3n) is 4.79. The van der Waals surface area contributed by atoms with Gasteiger partial charge in [0.2, 0.25) is 17.7 Å². The lowest BCUT2D eigenvalue weighted by Crippen LogP contribution is -2.43. The van der Waals surface area contributed by atoms with E-state index in [0.29, 0.717) is 37.1 Å². The molecule has 2 saturated heterocycles. The zero-order valence-corrected chi connectivity index (χ0v) is 14.7. The number of carbonyl (C=O) groups excluding carboxylic acids is 2. The molecule has 24 heavy (non-hydrogen) atoms. The predicted octanol–water partition coefficient (Wildman–Crippen LogP) is 1.59. The Morgan fingerprint density at radius 2 is 2.17 bits per heavy atom. The molecule has 3 heterocycles. The Balaban J connectivity index is 1.61. The van der Waals surface area contributed by atoms with E-state index < -0.39 is 0 Å². The number of likely N-dealkylation sites (tertiary alicyclic amines) is 2. The SMILES string of the molecule is Cc1nc([C@@H]2CCCN(C(=O)[C@@H]3CC(=O)N(CC(C)C)C3)C2)no1. The van der Waals surface area contributed by atoms with Crippen LogP contribution in [-0.2, 0) is 9.59 Å². The number of aryl methyl sites for hydroxylation is 1. The number of nitrogens with zero attached hydrogens (tertiary/aromatic N) is 4. The van der Waals surface area contributed by atoms with E-state index in [4.69, 9.17) is 4.52 Å². The average molecular weight is 334 g/mol. The van der Waals surface area contributed by atoms with Crippen molar-refractivity contribution in [2.75, 3.05) is 26.2 Å². The fraction of sp³-hybridized carbons (Fsp3) is 0.765. The molecule has 2 aliphatic heterocycles. The van der Waals surface area contributed by atoms with Crippen molar-refractivity contribution in [3.05, 3.63) is 11.7 Å². The van der Waals surface area contributed by atoms with Crippen molar-refractivity contribution >= 4 is 11.8 Å². The summed E-state index contributed by atoms with van der Waals surface area (Å²) in [6.45, 7) is 8.60. The van der Waals surface area contributed by atoms with Crippen molar-refractivity contribution in [1.29, 1.82) is 0 Å². The second kappa shape index (κ2) is 6.91. The molecule has 2 atom stereocenters. The summed E-state index contributed by atoms with van der Waals surface area (Å²) in [5.74, 6) is 1.78. The van der Waals surface area contributed by atoms with Crippen LogP contribution < -0.4 is 0 Å². The molecule has 1 aromatic heterocycles. The number of hydrogen-bond donors (Lipinski definition) is 0. The van der Waals surface area contributed by atoms with Crippen LogP contribution in [0.1, 0.15) is 50.7 Å². The Morgan fingerprint density at radius 1 is 1.38 bits per heavy atom. The largest absolute Gasteiger partial charge is 0.342 e. The number of piperidine rings is 1. The maximum atomic E-state index is 12.8. The highest BCUT2D eigenvalue weighted by molar-refractivity contribution is 5.89. The van der Waals surface area contributed by atoms with Crippen molar-refractivity contribution in [1.82, 2.24) is 19.9 Å². The normalized spacial score (nSPS) is 24.9. The molecule has 2 fully saturated rings. The van der Waals surface area contributed by atoms with Gasteiger partial charge in [-0.25, -0.2) is 0 Å². The van der Waals surface area contributed by atoms with Gasteiger partial charge in [0, 0.05) is 45.4 Å². The molecule has 0 saturated carbocycles. The minimum absolute atomic E-state index is 0.0968. The number of carbonyl (C=O) groups is 2. The Labute approximate surface area is 142 Å². The molecule has 0 aromatic carbocycles. The number of amides is 2. The van der Waals surface area contributed by atoms with E-state index >= 15 is 0 Å². The van der Waals surface area contributed by atoms with Gasteiger partial charge in [-0.3, -0.25) is 9.59 Å². The van der Waals surface area contributed by atoms with Gasteiger partial charge in [-0.15, -0.1) is 0 Å². The summed E-state index contributed by atoms with van der Waals surface area (Å²) >= 11 is 0. The Bertz CT molecular complexity index is 613. The maximum Gasteiger partial charge on any atom is 0.228 e. The van der Waals surface area contributed by atoms with Gasteiger partial charge in [0.1, 0.15) is 0 Å². The second-order valence-corrected chi connectivity index (χ2v) is 7.39. The lowest BCUT2D eigenvalue weighted by molar-refractivity contribution is -0.137. The molecule has 7 heteroatoms. The molecule has 0 N–H and O–H groups in total. The molecule has 0 radical (unpaired) electrons. The molecular formula is C17H26N4O3. The first-order valence-corrected chi connectivity index (χ1v) is 8.80. The van der Waals surface area contributed by atoms with E-state index in [1.165, 1.54) is 0 Å². The summed E-state index contributed by atoms with van der Waals surface area (Å²) in [4.78, 5) is 33.0. The zero-order valence-electron chi connectivity index (χ0n) is 14.7. The van der Waals surface area contributed by atoms with E-state index in [9.17, 15) is 9.59 Å². The molecule has 0 unspecified atom stereocenters. The molecule has 1 aromatic rings. The molecule has 2 aliphatic rings. The number of rotatable bonds is 4. The van der Waals surface area contributed by atoms with Crippen LogP contribution in [0, 0.1) is 18.8 Å². The van der Waals surface area contributed by atoms with Gasteiger partial charge in [-0.1, -0.05) is 19.0 Å². The van der Waals surface area contributed by atoms with Crippen molar-refractivity contribution in [3.63, 3.8) is 0 Å². The second-order valence-electron chi connectivity index (χ2n) is 7.39. The van der Waals surface area contributed by atoms with Gasteiger partial charge in [0.25, 0.3) is 0 Å². The van der Waals surface area contributed by atoms with Crippen molar-refractivity contribution in [3.8, 4) is 0 Å². The molecular weight excluding hydrogens is 308 g/mol. The summed E-state index contributed by atoms with van der Waals surface area (Å²) in [6, 6.07) is 0. The molecule has 0 spiro atoms. The van der Waals surface area contributed by atoms with Crippen LogP contribution in [0.2, 0.25) is 0 Å². The van der Waals surface area contributed by atoms with Crippen molar-refractivity contribution in [2.24, 2.45) is 11.8 Å². The first-order valence-electron chi connectivity index (χ1n) is 8.80. The third-order valence-corrected chi connectivity index (χ3v) is 4.79. The van der Waals surface area contributed by atoms with E-state index in [2.05, 4.69) is 24.0 Å². The summed E-state index contributed by atoms with van der Waals surface area (Å²) in [7, 11) is 0. The minimum atomic E-state index is -0.206. The summed E-state index contributed by atoms with van der Waals surface area (Å²) in [5, 5.41) is 4.00. The van der Waals surface area contributed by atoms with Gasteiger partial charge < -0.3 is 14.3 Å². The Morgan fingerprint density at radius 3 is 2.83 bits per heavy atom. The maximum absolute atomic E-state index is 12.8. The van der Waals surface area contributed by atoms with E-state index in [1.54, 1.807) is 6.92 Å². The molecule has 0 bridgehead atoms. The van der Waals surface area contributed by atoms with E-state index in [-0.39, 0.29) is 23.7 Å². The summed E-state index contributed by atoms with van der Waals surface area (Å²) in [5.41, 5.74) is 0. The zero-order chi connectivity index (χ0) is 17.3. The van der Waals surface area contributed by atoms with E-state index in [1.807, 2.05) is 9.80 Å². The van der Waals surface area contributed by atoms with Crippen molar-refractivity contribution in [2.45, 2.75) is 46.0 Å². The van der Waals surface area contributed by atoms with Crippen LogP contribution in [0.4, 0.5) is 0 Å². The van der Waals surface area contributed by atoms with Crippen LogP contribution in [0.5, 0.6) is 0 Å². The van der Waals surface area contributed by atoms with Crippen LogP contribution in [-0.4, -0.2) is 57.9 Å². The Kier molecular flexibility index (Phi) is 4.87. The fourth-order valence-corrected chi connectivity index (χ4v) is 3.68. The highest BCUT2D eigenvalue weighted by Crippen LogP contribution is 2.28. The lowest BCUT2D eigenvalue weighted by Gasteiger charge is -2.33. The van der Waals surface area contributed by atoms with Gasteiger partial charge in [0.15, 0.2) is 5.82 Å². The van der Waals surface area contributed by atoms with Gasteiger partial charge >= 0.3 is 0 Å². The minimum Gasteiger partial charge on any atom is -0.342 e. The molecule has 3 rings (SSSR count). The monoisotopic (exact) mass is 334 g/mol. The first kappa shape index (κ1) is 16.9. The smallest absolute Gasteiger partial charge is 0.228 e. The summed E-state index contributed by atoms with van der Waals surface area (Å²) in [6.07, 6.45) is 2.24. The van der Waals surface area contributed by atoms with Crippen LogP contribution in [0.15, 0.2) is 4.52 Å². The lowest BCUT2D eigenvalue weighted by atomic mass is 9.95. The van der Waals surface area contributed by atoms with Gasteiger partial charge in [-0.2, -0.15) is 4.98 Å². The molecule has 0 aliphatic carbocycles. The quantitative estimate of drug-likeness (QED) is 0.835. The topological polar surface area (TPSA) is 79.5 Å². The number of aromatic nitrogens is 2. The molecule has 2 amide bonds. The van der Waals surface area contributed by atoms with E-state index in [0.717, 1.165) is 25.9 Å². The molecule has 7 nitrogen and oxygen atoms in total. The first-order chi connectivity index (χ1) is 11.4. The molecule has 132 valence electrons. The third kappa shape index (κ3) is 3.60. The fourth-order valence-electron chi connectivity index (χ4n) is 3.68. The van der Waals surface area contributed by atoms with Crippen LogP contribution >= 0.6 is 0 Å². The average Bonchev–Trinajstić information content (AvgIpc) is 3.13. The number of hydrogen-bond acceptors (Lipinski definition) is 5. The summed E-state index contributed by atoms with van der Waals surface area (Å²) < 4.78 is 5.06. The van der Waals surface area contributed by atoms with Gasteiger partial charge in [0.05, 0.1) is 5.92 Å². The standard InChI is InChI=1S/C17H26N4O3/c1-11(2)8-21-10-14(7-15(21)22)17(23)20-6-4-5-13(9-20)16-18-12(3)24-19-16/h11,13-14H,4-10H2,1-3H3/t13-,14-/m1/s1. The predicted molar refractivity (Wildman–Crippen MR) is 87.1 cm³/mol. The Hall–Kier alpha value is -1.92. The van der Waals surface area contributed by atoms with Crippen LogP contribution in [0.25, 0.3) is 0 Å². The highest BCUT2D eigenvalue weighted by Gasteiger charge is 2.38.